The molecule has 0 radical (unpaired) electrons. The van der Waals surface area contributed by atoms with Crippen molar-refractivity contribution in [2.75, 3.05) is 5.32 Å². The molecule has 1 aromatic carbocycles. The van der Waals surface area contributed by atoms with Gasteiger partial charge in [-0.15, -0.1) is 0 Å². The average molecular weight is 296 g/mol. The molecule has 116 valence electrons. The monoisotopic (exact) mass is 296 g/mol. The third kappa shape index (κ3) is 5.81. The van der Waals surface area contributed by atoms with Gasteiger partial charge in [-0.1, -0.05) is 0 Å². The number of alkyl carbamates (subject to hydrolysis) is 1. The van der Waals surface area contributed by atoms with Gasteiger partial charge < -0.3 is 15.4 Å². The lowest BCUT2D eigenvalue weighted by Crippen LogP contribution is -2.44. The van der Waals surface area contributed by atoms with Gasteiger partial charge in [-0.3, -0.25) is 4.79 Å². The molecule has 0 heterocycles. The quantitative estimate of drug-likeness (QED) is 0.901. The largest absolute Gasteiger partial charge is 0.444 e. The fourth-order valence-corrected chi connectivity index (χ4v) is 1.56. The SMILES string of the molecule is Cc1cc(F)ccc1NC(=O)[C@H](C)NC(=O)OC(C)(C)C. The van der Waals surface area contributed by atoms with Crippen LogP contribution >= 0.6 is 0 Å². The van der Waals surface area contributed by atoms with E-state index in [-0.39, 0.29) is 5.82 Å². The van der Waals surface area contributed by atoms with Gasteiger partial charge in [0.15, 0.2) is 0 Å². The number of carbonyl (C=O) groups is 2. The number of amides is 2. The Balaban J connectivity index is 2.61. The molecule has 0 spiro atoms. The van der Waals surface area contributed by atoms with E-state index >= 15 is 0 Å². The van der Waals surface area contributed by atoms with Gasteiger partial charge in [0, 0.05) is 5.69 Å². The second-order valence-electron chi connectivity index (χ2n) is 5.82. The van der Waals surface area contributed by atoms with E-state index in [1.165, 1.54) is 25.1 Å². The van der Waals surface area contributed by atoms with E-state index < -0.39 is 23.6 Å². The molecule has 0 fully saturated rings. The first kappa shape index (κ1) is 16.9. The van der Waals surface area contributed by atoms with E-state index in [2.05, 4.69) is 10.6 Å². The zero-order valence-corrected chi connectivity index (χ0v) is 12.9. The summed E-state index contributed by atoms with van der Waals surface area (Å²) >= 11 is 0. The van der Waals surface area contributed by atoms with Gasteiger partial charge in [-0.2, -0.15) is 0 Å². The van der Waals surface area contributed by atoms with Crippen LogP contribution in [0, 0.1) is 12.7 Å². The molecule has 0 saturated carbocycles. The number of benzene rings is 1. The van der Waals surface area contributed by atoms with Crippen molar-refractivity contribution in [1.82, 2.24) is 5.32 Å². The molecular weight excluding hydrogens is 275 g/mol. The topological polar surface area (TPSA) is 67.4 Å². The summed E-state index contributed by atoms with van der Waals surface area (Å²) in [6.45, 7) is 8.43. The number of hydrogen-bond acceptors (Lipinski definition) is 3. The predicted octanol–water partition coefficient (Wildman–Crippen LogP) is 2.99. The van der Waals surface area contributed by atoms with E-state index in [4.69, 9.17) is 4.74 Å². The van der Waals surface area contributed by atoms with E-state index in [0.717, 1.165) is 0 Å². The summed E-state index contributed by atoms with van der Waals surface area (Å²) in [4.78, 5) is 23.6. The number of carbonyl (C=O) groups excluding carboxylic acids is 2. The number of anilines is 1. The first-order valence-corrected chi connectivity index (χ1v) is 6.65. The summed E-state index contributed by atoms with van der Waals surface area (Å²) < 4.78 is 18.1. The van der Waals surface area contributed by atoms with Crippen molar-refractivity contribution >= 4 is 17.7 Å². The Morgan fingerprint density at radius 1 is 1.29 bits per heavy atom. The van der Waals surface area contributed by atoms with Crippen LogP contribution in [0.5, 0.6) is 0 Å². The molecule has 2 amide bonds. The molecule has 1 atom stereocenters. The summed E-state index contributed by atoms with van der Waals surface area (Å²) in [7, 11) is 0. The van der Waals surface area contributed by atoms with Crippen LogP contribution in [-0.2, 0) is 9.53 Å². The van der Waals surface area contributed by atoms with Crippen molar-refractivity contribution in [2.45, 2.75) is 46.3 Å². The maximum Gasteiger partial charge on any atom is 0.408 e. The van der Waals surface area contributed by atoms with Crippen molar-refractivity contribution in [3.63, 3.8) is 0 Å². The Hall–Kier alpha value is -2.11. The van der Waals surface area contributed by atoms with Crippen molar-refractivity contribution in [2.24, 2.45) is 0 Å². The lowest BCUT2D eigenvalue weighted by Gasteiger charge is -2.21. The normalized spacial score (nSPS) is 12.5. The molecule has 0 aromatic heterocycles. The summed E-state index contributed by atoms with van der Waals surface area (Å²) in [6, 6.07) is 3.28. The summed E-state index contributed by atoms with van der Waals surface area (Å²) in [6.07, 6.45) is -0.666. The maximum atomic E-state index is 13.0. The molecular formula is C15H21FN2O3. The van der Waals surface area contributed by atoms with Gasteiger partial charge in [0.2, 0.25) is 5.91 Å². The highest BCUT2D eigenvalue weighted by molar-refractivity contribution is 5.96. The second kappa shape index (κ2) is 6.56. The van der Waals surface area contributed by atoms with Crippen LogP contribution in [-0.4, -0.2) is 23.6 Å². The zero-order chi connectivity index (χ0) is 16.2. The summed E-state index contributed by atoms with van der Waals surface area (Å²) in [5.74, 6) is -0.777. The molecule has 1 aromatic rings. The number of rotatable bonds is 3. The van der Waals surface area contributed by atoms with Crippen LogP contribution in [0.15, 0.2) is 18.2 Å². The van der Waals surface area contributed by atoms with Crippen molar-refractivity contribution in [3.05, 3.63) is 29.6 Å². The molecule has 2 N–H and O–H groups in total. The molecule has 0 saturated heterocycles. The lowest BCUT2D eigenvalue weighted by molar-refractivity contribution is -0.117. The smallest absolute Gasteiger partial charge is 0.408 e. The van der Waals surface area contributed by atoms with Crippen molar-refractivity contribution < 1.29 is 18.7 Å². The zero-order valence-electron chi connectivity index (χ0n) is 12.9. The first-order chi connectivity index (χ1) is 9.58. The minimum atomic E-state index is -0.774. The molecule has 0 aliphatic carbocycles. The molecule has 0 aliphatic rings. The average Bonchev–Trinajstić information content (AvgIpc) is 2.29. The van der Waals surface area contributed by atoms with Crippen LogP contribution < -0.4 is 10.6 Å². The van der Waals surface area contributed by atoms with E-state index in [1.807, 2.05) is 0 Å². The fourth-order valence-electron chi connectivity index (χ4n) is 1.56. The summed E-state index contributed by atoms with van der Waals surface area (Å²) in [5.41, 5.74) is 0.473. The number of nitrogens with one attached hydrogen (secondary N) is 2. The van der Waals surface area contributed by atoms with Gasteiger partial charge in [0.05, 0.1) is 0 Å². The highest BCUT2D eigenvalue weighted by Crippen LogP contribution is 2.16. The minimum absolute atomic E-state index is 0.370. The molecule has 21 heavy (non-hydrogen) atoms. The van der Waals surface area contributed by atoms with Crippen molar-refractivity contribution in [3.8, 4) is 0 Å². The van der Waals surface area contributed by atoms with Gasteiger partial charge in [-0.05, 0) is 58.4 Å². The third-order valence-electron chi connectivity index (χ3n) is 2.57. The number of ether oxygens (including phenoxy) is 1. The van der Waals surface area contributed by atoms with E-state index in [0.29, 0.717) is 11.3 Å². The molecule has 0 aliphatic heterocycles. The molecule has 0 bridgehead atoms. The van der Waals surface area contributed by atoms with E-state index in [1.54, 1.807) is 27.7 Å². The van der Waals surface area contributed by atoms with Crippen LogP contribution in [0.4, 0.5) is 14.9 Å². The Labute approximate surface area is 123 Å². The maximum absolute atomic E-state index is 13.0. The Bertz CT molecular complexity index is 538. The Kier molecular flexibility index (Phi) is 5.29. The van der Waals surface area contributed by atoms with E-state index in [9.17, 15) is 14.0 Å². The first-order valence-electron chi connectivity index (χ1n) is 6.65. The predicted molar refractivity (Wildman–Crippen MR) is 78.6 cm³/mol. The number of hydrogen-bond donors (Lipinski definition) is 2. The van der Waals surface area contributed by atoms with Crippen LogP contribution in [0.25, 0.3) is 0 Å². The number of aryl methyl sites for hydroxylation is 1. The lowest BCUT2D eigenvalue weighted by atomic mass is 10.2. The van der Waals surface area contributed by atoms with Gasteiger partial charge in [0.1, 0.15) is 17.5 Å². The molecule has 1 rings (SSSR count). The Morgan fingerprint density at radius 3 is 2.43 bits per heavy atom. The Morgan fingerprint density at radius 2 is 1.90 bits per heavy atom. The number of halogens is 1. The van der Waals surface area contributed by atoms with Crippen molar-refractivity contribution in [1.29, 1.82) is 0 Å². The van der Waals surface area contributed by atoms with Gasteiger partial charge >= 0.3 is 6.09 Å². The van der Waals surface area contributed by atoms with Gasteiger partial charge in [-0.25, -0.2) is 9.18 Å². The summed E-state index contributed by atoms with van der Waals surface area (Å²) in [5, 5.41) is 5.07. The molecule has 0 unspecified atom stereocenters. The standard InChI is InChI=1S/C15H21FN2O3/c1-9-8-11(16)6-7-12(9)18-13(19)10(2)17-14(20)21-15(3,4)5/h6-8,10H,1-5H3,(H,17,20)(H,18,19)/t10-/m0/s1. The highest BCUT2D eigenvalue weighted by Gasteiger charge is 2.21. The van der Waals surface area contributed by atoms with Crippen LogP contribution in [0.1, 0.15) is 33.3 Å². The third-order valence-corrected chi connectivity index (χ3v) is 2.57. The van der Waals surface area contributed by atoms with Crippen LogP contribution in [0.2, 0.25) is 0 Å². The molecule has 5 nitrogen and oxygen atoms in total. The van der Waals surface area contributed by atoms with Crippen LogP contribution in [0.3, 0.4) is 0 Å². The molecule has 6 heteroatoms. The highest BCUT2D eigenvalue weighted by atomic mass is 19.1. The fraction of sp³-hybridized carbons (Fsp3) is 0.467. The minimum Gasteiger partial charge on any atom is -0.444 e. The second-order valence-corrected chi connectivity index (χ2v) is 5.82. The van der Waals surface area contributed by atoms with Gasteiger partial charge in [0.25, 0.3) is 0 Å².